The van der Waals surface area contributed by atoms with Gasteiger partial charge in [-0.15, -0.1) is 0 Å². The molecular formula is C56H36. The summed E-state index contributed by atoms with van der Waals surface area (Å²) in [6, 6.07) is 80.5. The van der Waals surface area contributed by atoms with Crippen LogP contribution in [-0.2, 0) is 0 Å². The van der Waals surface area contributed by atoms with E-state index in [1.54, 1.807) is 0 Å². The van der Waals surface area contributed by atoms with Crippen molar-refractivity contribution in [2.45, 2.75) is 0 Å². The van der Waals surface area contributed by atoms with Crippen molar-refractivity contribution in [1.82, 2.24) is 0 Å². The molecule has 0 bridgehead atoms. The van der Waals surface area contributed by atoms with Crippen LogP contribution in [0.3, 0.4) is 0 Å². The van der Waals surface area contributed by atoms with E-state index in [4.69, 9.17) is 0 Å². The first-order valence-corrected chi connectivity index (χ1v) is 19.4. The maximum atomic E-state index is 2.42. The minimum absolute atomic E-state index is 1.21. The molecule has 0 heterocycles. The normalized spacial score (nSPS) is 11.6. The summed E-state index contributed by atoms with van der Waals surface area (Å²) < 4.78 is 0. The second kappa shape index (κ2) is 13.2. The Morgan fingerprint density at radius 2 is 0.643 bits per heavy atom. The third-order valence-electron chi connectivity index (χ3n) is 11.6. The van der Waals surface area contributed by atoms with Crippen LogP contribution in [0.5, 0.6) is 0 Å². The van der Waals surface area contributed by atoms with Crippen molar-refractivity contribution in [3.63, 3.8) is 0 Å². The molecule has 0 fully saturated rings. The van der Waals surface area contributed by atoms with Gasteiger partial charge in [0, 0.05) is 0 Å². The molecule has 0 aliphatic rings. The summed E-state index contributed by atoms with van der Waals surface area (Å²) in [6.45, 7) is 0. The highest BCUT2D eigenvalue weighted by Gasteiger charge is 2.19. The zero-order chi connectivity index (χ0) is 37.0. The van der Waals surface area contributed by atoms with Crippen LogP contribution in [0.4, 0.5) is 0 Å². The second-order valence-electron chi connectivity index (χ2n) is 14.8. The lowest BCUT2D eigenvalue weighted by molar-refractivity contribution is 1.62. The second-order valence-corrected chi connectivity index (χ2v) is 14.8. The van der Waals surface area contributed by atoms with Gasteiger partial charge in [0.25, 0.3) is 0 Å². The predicted octanol–water partition coefficient (Wildman–Crippen LogP) is 15.8. The van der Waals surface area contributed by atoms with E-state index in [1.807, 2.05) is 0 Å². The Kier molecular flexibility index (Phi) is 7.60. The molecule has 0 saturated heterocycles. The van der Waals surface area contributed by atoms with Gasteiger partial charge in [0.05, 0.1) is 0 Å². The lowest BCUT2D eigenvalue weighted by atomic mass is 9.83. The van der Waals surface area contributed by atoms with E-state index in [9.17, 15) is 0 Å². The van der Waals surface area contributed by atoms with Gasteiger partial charge in [-0.1, -0.05) is 194 Å². The number of benzene rings is 11. The molecule has 260 valence electrons. The molecule has 0 atom stereocenters. The fourth-order valence-corrected chi connectivity index (χ4v) is 8.93. The Hall–Kier alpha value is -7.28. The van der Waals surface area contributed by atoms with Crippen molar-refractivity contribution in [1.29, 1.82) is 0 Å². The maximum absolute atomic E-state index is 2.42. The molecule has 11 rings (SSSR count). The SMILES string of the molecule is c1ccc(-c2ccc3c(-c4ccc5ccccc5c4)c4cc(-c5ccccc5)ccc4c(-c4ccc(-c5cc6ccccc6c6ccccc56)cc4)c3c2)cc1. The predicted molar refractivity (Wildman–Crippen MR) is 241 cm³/mol. The van der Waals surface area contributed by atoms with Crippen molar-refractivity contribution in [3.8, 4) is 55.6 Å². The lowest BCUT2D eigenvalue weighted by Crippen LogP contribution is -1.93. The molecule has 0 N–H and O–H groups in total. The van der Waals surface area contributed by atoms with Crippen LogP contribution in [0.1, 0.15) is 0 Å². The van der Waals surface area contributed by atoms with Gasteiger partial charge in [-0.05, 0) is 134 Å². The number of hydrogen-bond donors (Lipinski definition) is 0. The third kappa shape index (κ3) is 5.38. The molecule has 11 aromatic rings. The summed E-state index contributed by atoms with van der Waals surface area (Å²) in [4.78, 5) is 0. The molecule has 0 heteroatoms. The van der Waals surface area contributed by atoms with Gasteiger partial charge in [-0.3, -0.25) is 0 Å². The lowest BCUT2D eigenvalue weighted by Gasteiger charge is -2.20. The fourth-order valence-electron chi connectivity index (χ4n) is 8.93. The van der Waals surface area contributed by atoms with E-state index in [2.05, 4.69) is 218 Å². The van der Waals surface area contributed by atoms with Gasteiger partial charge in [-0.25, -0.2) is 0 Å². The Morgan fingerprint density at radius 3 is 1.29 bits per heavy atom. The van der Waals surface area contributed by atoms with Gasteiger partial charge in [-0.2, -0.15) is 0 Å². The summed E-state index contributed by atoms with van der Waals surface area (Å²) in [7, 11) is 0. The largest absolute Gasteiger partial charge is 0.0622 e. The molecule has 0 saturated carbocycles. The van der Waals surface area contributed by atoms with Crippen molar-refractivity contribution >= 4 is 53.9 Å². The maximum Gasteiger partial charge on any atom is -0.00259 e. The minimum Gasteiger partial charge on any atom is -0.0622 e. The molecular weight excluding hydrogens is 673 g/mol. The number of fused-ring (bicyclic) bond motifs is 6. The topological polar surface area (TPSA) is 0 Å². The summed E-state index contributed by atoms with van der Waals surface area (Å²) >= 11 is 0. The number of rotatable bonds is 5. The van der Waals surface area contributed by atoms with E-state index < -0.39 is 0 Å². The van der Waals surface area contributed by atoms with Crippen LogP contribution < -0.4 is 0 Å². The van der Waals surface area contributed by atoms with Crippen LogP contribution in [0.25, 0.3) is 109 Å². The van der Waals surface area contributed by atoms with E-state index in [0.29, 0.717) is 0 Å². The molecule has 11 aromatic carbocycles. The molecule has 0 radical (unpaired) electrons. The highest BCUT2D eigenvalue weighted by atomic mass is 14.2. The van der Waals surface area contributed by atoms with Gasteiger partial charge < -0.3 is 0 Å². The smallest absolute Gasteiger partial charge is 0.00259 e. The molecule has 0 aromatic heterocycles. The van der Waals surface area contributed by atoms with E-state index in [0.717, 1.165) is 0 Å². The average Bonchev–Trinajstić information content (AvgIpc) is 3.28. The zero-order valence-electron chi connectivity index (χ0n) is 30.8. The van der Waals surface area contributed by atoms with Gasteiger partial charge in [0.1, 0.15) is 0 Å². The van der Waals surface area contributed by atoms with Crippen LogP contribution in [0.2, 0.25) is 0 Å². The monoisotopic (exact) mass is 708 g/mol. The van der Waals surface area contributed by atoms with Crippen LogP contribution >= 0.6 is 0 Å². The quantitative estimate of drug-likeness (QED) is 0.123. The van der Waals surface area contributed by atoms with Crippen LogP contribution in [0, 0.1) is 0 Å². The zero-order valence-corrected chi connectivity index (χ0v) is 30.8. The first-order valence-electron chi connectivity index (χ1n) is 19.4. The van der Waals surface area contributed by atoms with Gasteiger partial charge >= 0.3 is 0 Å². The standard InChI is InChI=1S/C56H36/c1-3-13-37(14-4-1)43-30-32-51-53(34-43)55(41-26-24-40(25-27-41)52-36-45-19-9-10-20-47(45)48-21-11-12-22-49(48)52)50-31-29-44(38-15-5-2-6-16-38)35-54(50)56(51)46-28-23-39-17-7-8-18-42(39)33-46/h1-36H. The Balaban J connectivity index is 1.20. The van der Waals surface area contributed by atoms with E-state index in [1.165, 1.54) is 109 Å². The molecule has 0 aliphatic carbocycles. The summed E-state index contributed by atoms with van der Waals surface area (Å²) in [5.74, 6) is 0. The molecule has 56 heavy (non-hydrogen) atoms. The number of hydrogen-bond acceptors (Lipinski definition) is 0. The van der Waals surface area contributed by atoms with Crippen LogP contribution in [0.15, 0.2) is 218 Å². The van der Waals surface area contributed by atoms with Crippen molar-refractivity contribution in [3.05, 3.63) is 218 Å². The minimum atomic E-state index is 1.21. The molecule has 0 amide bonds. The summed E-state index contributed by atoms with van der Waals surface area (Å²) in [6.07, 6.45) is 0. The Morgan fingerprint density at radius 1 is 0.179 bits per heavy atom. The van der Waals surface area contributed by atoms with Crippen molar-refractivity contribution in [2.75, 3.05) is 0 Å². The van der Waals surface area contributed by atoms with Crippen molar-refractivity contribution in [2.24, 2.45) is 0 Å². The molecule has 0 spiro atoms. The Bertz CT molecular complexity index is 3260. The first-order chi connectivity index (χ1) is 27.8. The van der Waals surface area contributed by atoms with Gasteiger partial charge in [0.15, 0.2) is 0 Å². The summed E-state index contributed by atoms with van der Waals surface area (Å²) in [5.41, 5.74) is 12.3. The molecule has 0 nitrogen and oxygen atoms in total. The molecule has 0 unspecified atom stereocenters. The van der Waals surface area contributed by atoms with E-state index >= 15 is 0 Å². The average molecular weight is 709 g/mol. The Labute approximate surface area is 326 Å². The van der Waals surface area contributed by atoms with Crippen LogP contribution in [-0.4, -0.2) is 0 Å². The van der Waals surface area contributed by atoms with Crippen molar-refractivity contribution < 1.29 is 0 Å². The first kappa shape index (κ1) is 32.2. The third-order valence-corrected chi connectivity index (χ3v) is 11.6. The highest BCUT2D eigenvalue weighted by molar-refractivity contribution is 6.23. The highest BCUT2D eigenvalue weighted by Crippen LogP contribution is 2.47. The van der Waals surface area contributed by atoms with Gasteiger partial charge in [0.2, 0.25) is 0 Å². The summed E-state index contributed by atoms with van der Waals surface area (Å²) in [5, 5.41) is 12.6. The fraction of sp³-hybridized carbons (Fsp3) is 0. The molecule has 0 aliphatic heterocycles. The van der Waals surface area contributed by atoms with E-state index in [-0.39, 0.29) is 0 Å².